The Labute approximate surface area is 152 Å². The first-order valence-corrected chi connectivity index (χ1v) is 9.30. The summed E-state index contributed by atoms with van der Waals surface area (Å²) in [7, 11) is 0. The van der Waals surface area contributed by atoms with Gasteiger partial charge in [0.1, 0.15) is 0 Å². The Bertz CT molecular complexity index is 848. The average molecular weight is 353 g/mol. The number of carboxylic acids is 1. The van der Waals surface area contributed by atoms with E-state index in [1.165, 1.54) is 5.56 Å². The van der Waals surface area contributed by atoms with E-state index in [1.807, 2.05) is 4.68 Å². The minimum atomic E-state index is -0.781. The van der Waals surface area contributed by atoms with Crippen molar-refractivity contribution in [1.82, 2.24) is 15.1 Å². The van der Waals surface area contributed by atoms with E-state index in [0.717, 1.165) is 42.6 Å². The fraction of sp³-hybridized carbons (Fsp3) is 0.450. The Morgan fingerprint density at radius 1 is 1.23 bits per heavy atom. The minimum absolute atomic E-state index is 0.0605. The van der Waals surface area contributed by atoms with E-state index in [0.29, 0.717) is 18.5 Å². The molecule has 0 atom stereocenters. The lowest BCUT2D eigenvalue weighted by molar-refractivity contribution is -0.145. The number of fused-ring (bicyclic) bond motifs is 1. The van der Waals surface area contributed by atoms with E-state index in [-0.39, 0.29) is 17.9 Å². The molecule has 2 aliphatic rings. The van der Waals surface area contributed by atoms with Gasteiger partial charge in [-0.15, -0.1) is 0 Å². The van der Waals surface area contributed by atoms with Crippen LogP contribution in [-0.4, -0.2) is 32.8 Å². The van der Waals surface area contributed by atoms with Gasteiger partial charge in [0.2, 0.25) is 0 Å². The van der Waals surface area contributed by atoms with Crippen LogP contribution < -0.4 is 5.32 Å². The van der Waals surface area contributed by atoms with Crippen molar-refractivity contribution >= 4 is 11.9 Å². The van der Waals surface area contributed by atoms with Gasteiger partial charge in [0.15, 0.2) is 5.69 Å². The van der Waals surface area contributed by atoms with Gasteiger partial charge < -0.3 is 10.4 Å². The number of carbonyl (C=O) groups is 2. The van der Waals surface area contributed by atoms with Crippen molar-refractivity contribution in [3.63, 3.8) is 0 Å². The molecule has 136 valence electrons. The third-order valence-electron chi connectivity index (χ3n) is 5.56. The molecule has 1 aromatic heterocycles. The van der Waals surface area contributed by atoms with Crippen LogP contribution >= 0.6 is 0 Å². The largest absolute Gasteiger partial charge is 0.481 e. The van der Waals surface area contributed by atoms with E-state index in [2.05, 4.69) is 41.6 Å². The molecule has 1 amide bonds. The van der Waals surface area contributed by atoms with E-state index in [4.69, 9.17) is 5.11 Å². The van der Waals surface area contributed by atoms with Crippen molar-refractivity contribution < 1.29 is 14.7 Å². The smallest absolute Gasteiger partial charge is 0.306 e. The van der Waals surface area contributed by atoms with Crippen LogP contribution in [0, 0.1) is 5.92 Å². The summed E-state index contributed by atoms with van der Waals surface area (Å²) in [6, 6.07) is 8.23. The van der Waals surface area contributed by atoms with Crippen molar-refractivity contribution in [3.8, 4) is 5.69 Å². The van der Waals surface area contributed by atoms with Crippen molar-refractivity contribution in [2.45, 2.75) is 51.5 Å². The van der Waals surface area contributed by atoms with Crippen LogP contribution in [0.2, 0.25) is 0 Å². The molecule has 0 saturated heterocycles. The van der Waals surface area contributed by atoms with Gasteiger partial charge in [0, 0.05) is 17.3 Å². The van der Waals surface area contributed by atoms with Crippen LogP contribution in [0.15, 0.2) is 24.3 Å². The predicted octanol–water partition coefficient (Wildman–Crippen LogP) is 2.52. The number of hydrogen-bond donors (Lipinski definition) is 2. The molecule has 1 fully saturated rings. The number of carboxylic acid groups (broad SMARTS) is 1. The summed E-state index contributed by atoms with van der Waals surface area (Å²) in [6.07, 6.45) is 4.82. The molecule has 1 saturated carbocycles. The van der Waals surface area contributed by atoms with Gasteiger partial charge >= 0.3 is 5.97 Å². The summed E-state index contributed by atoms with van der Waals surface area (Å²) in [4.78, 5) is 23.6. The maximum Gasteiger partial charge on any atom is 0.306 e. The highest BCUT2D eigenvalue weighted by molar-refractivity contribution is 5.94. The van der Waals surface area contributed by atoms with Crippen LogP contribution in [0.3, 0.4) is 0 Å². The highest BCUT2D eigenvalue weighted by Crippen LogP contribution is 2.30. The van der Waals surface area contributed by atoms with Gasteiger partial charge in [-0.25, -0.2) is 4.68 Å². The van der Waals surface area contributed by atoms with E-state index in [1.54, 1.807) is 0 Å². The highest BCUT2D eigenvalue weighted by atomic mass is 16.4. The van der Waals surface area contributed by atoms with Crippen molar-refractivity contribution in [2.24, 2.45) is 5.92 Å². The van der Waals surface area contributed by atoms with Gasteiger partial charge in [0.25, 0.3) is 5.91 Å². The summed E-state index contributed by atoms with van der Waals surface area (Å²) in [5.41, 5.74) is 4.91. The molecule has 2 aromatic rings. The lowest BCUT2D eigenvalue weighted by Crippen LogP contribution is -2.47. The molecule has 6 nitrogen and oxygen atoms in total. The Balaban J connectivity index is 1.55. The Hall–Kier alpha value is -2.63. The average Bonchev–Trinajstić information content (AvgIpc) is 3.19. The van der Waals surface area contributed by atoms with Gasteiger partial charge in [-0.3, -0.25) is 9.59 Å². The Kier molecular flexibility index (Phi) is 4.26. The molecule has 1 aromatic carbocycles. The Morgan fingerprint density at radius 3 is 2.62 bits per heavy atom. The second-order valence-corrected chi connectivity index (χ2v) is 7.24. The molecule has 0 aliphatic heterocycles. The zero-order valence-electron chi connectivity index (χ0n) is 14.9. The van der Waals surface area contributed by atoms with Crippen LogP contribution in [0.5, 0.6) is 0 Å². The standard InChI is InChI=1S/C20H23N3O3/c1-2-12-6-8-15(9-7-12)23-17-5-3-4-16(17)18(22-23)19(24)21-14-10-13(11-14)20(25)26/h6-9,13-14H,2-5,10-11H2,1H3,(H,21,24)(H,25,26). The highest BCUT2D eigenvalue weighted by Gasteiger charge is 2.36. The molecule has 0 spiro atoms. The molecule has 6 heteroatoms. The molecule has 2 aliphatic carbocycles. The van der Waals surface area contributed by atoms with Gasteiger partial charge in [-0.1, -0.05) is 19.1 Å². The SMILES string of the molecule is CCc1ccc(-n2nc(C(=O)NC3CC(C(=O)O)C3)c3c2CCC3)cc1. The molecule has 0 unspecified atom stereocenters. The van der Waals surface area contributed by atoms with Crippen LogP contribution in [0.25, 0.3) is 5.69 Å². The summed E-state index contributed by atoms with van der Waals surface area (Å²) in [6.45, 7) is 2.12. The number of amides is 1. The molecular formula is C20H23N3O3. The maximum atomic E-state index is 12.7. The minimum Gasteiger partial charge on any atom is -0.481 e. The molecule has 0 bridgehead atoms. The van der Waals surface area contributed by atoms with Crippen molar-refractivity contribution in [1.29, 1.82) is 0 Å². The first-order valence-electron chi connectivity index (χ1n) is 9.30. The number of nitrogens with one attached hydrogen (secondary N) is 1. The van der Waals surface area contributed by atoms with E-state index < -0.39 is 5.97 Å². The van der Waals surface area contributed by atoms with E-state index >= 15 is 0 Å². The number of benzene rings is 1. The van der Waals surface area contributed by atoms with Gasteiger partial charge in [-0.05, 0) is 56.2 Å². The molecule has 2 N–H and O–H groups in total. The van der Waals surface area contributed by atoms with Crippen LogP contribution in [0.1, 0.15) is 53.5 Å². The zero-order valence-corrected chi connectivity index (χ0v) is 14.9. The lowest BCUT2D eigenvalue weighted by atomic mass is 9.80. The third-order valence-corrected chi connectivity index (χ3v) is 5.56. The summed E-state index contributed by atoms with van der Waals surface area (Å²) in [5, 5.41) is 16.5. The summed E-state index contributed by atoms with van der Waals surface area (Å²) >= 11 is 0. The van der Waals surface area contributed by atoms with Crippen LogP contribution in [0.4, 0.5) is 0 Å². The topological polar surface area (TPSA) is 84.2 Å². The quantitative estimate of drug-likeness (QED) is 0.865. The predicted molar refractivity (Wildman–Crippen MR) is 96.6 cm³/mol. The second kappa shape index (κ2) is 6.59. The maximum absolute atomic E-state index is 12.7. The normalized spacial score (nSPS) is 21.1. The molecule has 26 heavy (non-hydrogen) atoms. The summed E-state index contributed by atoms with van der Waals surface area (Å²) < 4.78 is 1.90. The first-order chi connectivity index (χ1) is 12.6. The van der Waals surface area contributed by atoms with Gasteiger partial charge in [0.05, 0.1) is 11.6 Å². The van der Waals surface area contributed by atoms with Crippen molar-refractivity contribution in [2.75, 3.05) is 0 Å². The van der Waals surface area contributed by atoms with Crippen molar-refractivity contribution in [3.05, 3.63) is 46.8 Å². The molecular weight excluding hydrogens is 330 g/mol. The number of nitrogens with zero attached hydrogens (tertiary/aromatic N) is 2. The molecule has 0 radical (unpaired) electrons. The fourth-order valence-corrected chi connectivity index (χ4v) is 3.90. The summed E-state index contributed by atoms with van der Waals surface area (Å²) in [5.74, 6) is -1.29. The van der Waals surface area contributed by atoms with E-state index in [9.17, 15) is 9.59 Å². The number of aliphatic carboxylic acids is 1. The molecule has 4 rings (SSSR count). The number of aryl methyl sites for hydroxylation is 1. The Morgan fingerprint density at radius 2 is 1.96 bits per heavy atom. The fourth-order valence-electron chi connectivity index (χ4n) is 3.90. The number of rotatable bonds is 5. The third kappa shape index (κ3) is 2.89. The second-order valence-electron chi connectivity index (χ2n) is 7.24. The number of aromatic nitrogens is 2. The van der Waals surface area contributed by atoms with Crippen LogP contribution in [-0.2, 0) is 24.1 Å². The number of hydrogen-bond acceptors (Lipinski definition) is 3. The monoisotopic (exact) mass is 353 g/mol. The lowest BCUT2D eigenvalue weighted by Gasteiger charge is -2.32. The first kappa shape index (κ1) is 16.8. The molecule has 1 heterocycles. The van der Waals surface area contributed by atoms with Gasteiger partial charge in [-0.2, -0.15) is 5.10 Å². The zero-order chi connectivity index (χ0) is 18.3. The number of carbonyl (C=O) groups excluding carboxylic acids is 1.